The first-order valence-corrected chi connectivity index (χ1v) is 8.06. The number of aryl methyl sites for hydroxylation is 1. The lowest BCUT2D eigenvalue weighted by molar-refractivity contribution is 0.268. The Morgan fingerprint density at radius 2 is 1.90 bits per heavy atom. The number of ether oxygens (including phenoxy) is 2. The van der Waals surface area contributed by atoms with Gasteiger partial charge in [0.15, 0.2) is 5.56 Å². The fraction of sp³-hybridized carbons (Fsp3) is 0.444. The van der Waals surface area contributed by atoms with E-state index in [1.54, 1.807) is 0 Å². The van der Waals surface area contributed by atoms with Crippen molar-refractivity contribution in [3.8, 4) is 11.5 Å². The maximum atomic E-state index is 6.18. The topological polar surface area (TPSA) is 18.5 Å². The molecule has 1 atom stereocenters. The zero-order valence-electron chi connectivity index (χ0n) is 13.0. The molecule has 1 unspecified atom stereocenters. The summed E-state index contributed by atoms with van der Waals surface area (Å²) in [6.07, 6.45) is 2.88. The quantitative estimate of drug-likeness (QED) is 0.613. The Kier molecular flexibility index (Phi) is 5.75. The average Bonchev–Trinajstić information content (AvgIpc) is 2.48. The molecule has 0 aliphatic rings. The van der Waals surface area contributed by atoms with Crippen LogP contribution in [0.1, 0.15) is 38.7 Å². The highest BCUT2D eigenvalue weighted by molar-refractivity contribution is 6.19. The molecular formula is C18H23ClO2. The van der Waals surface area contributed by atoms with Gasteiger partial charge in [0.05, 0.1) is 6.61 Å². The summed E-state index contributed by atoms with van der Waals surface area (Å²) < 4.78 is 11.5. The first-order chi connectivity index (χ1) is 10.2. The molecule has 0 saturated carbocycles. The molecule has 0 aliphatic heterocycles. The second-order valence-electron chi connectivity index (χ2n) is 5.24. The summed E-state index contributed by atoms with van der Waals surface area (Å²) in [6.45, 7) is 7.02. The van der Waals surface area contributed by atoms with E-state index in [0.717, 1.165) is 48.3 Å². The molecule has 0 aromatic heterocycles. The third kappa shape index (κ3) is 4.04. The van der Waals surface area contributed by atoms with Crippen molar-refractivity contribution in [1.29, 1.82) is 0 Å². The minimum Gasteiger partial charge on any atom is -0.494 e. The lowest BCUT2D eigenvalue weighted by Crippen LogP contribution is -2.08. The van der Waals surface area contributed by atoms with Gasteiger partial charge in [-0.05, 0) is 54.3 Å². The molecule has 114 valence electrons. The molecule has 0 aliphatic carbocycles. The molecule has 0 spiro atoms. The molecule has 2 rings (SSSR count). The molecule has 0 amide bonds. The average molecular weight is 307 g/mol. The van der Waals surface area contributed by atoms with E-state index in [9.17, 15) is 0 Å². The number of rotatable bonds is 7. The second kappa shape index (κ2) is 7.56. The van der Waals surface area contributed by atoms with Crippen molar-refractivity contribution in [1.82, 2.24) is 0 Å². The van der Waals surface area contributed by atoms with Crippen molar-refractivity contribution in [3.05, 3.63) is 35.9 Å². The molecule has 2 aromatic rings. The Morgan fingerprint density at radius 1 is 1.10 bits per heavy atom. The van der Waals surface area contributed by atoms with Gasteiger partial charge in [0.2, 0.25) is 0 Å². The third-order valence-electron chi connectivity index (χ3n) is 3.45. The number of alkyl halides is 1. The lowest BCUT2D eigenvalue weighted by atomic mass is 10.0. The molecule has 0 bridgehead atoms. The molecule has 0 N–H and O–H groups in total. The zero-order valence-corrected chi connectivity index (χ0v) is 13.7. The highest BCUT2D eigenvalue weighted by Crippen LogP contribution is 2.31. The van der Waals surface area contributed by atoms with E-state index in [1.165, 1.54) is 5.39 Å². The predicted octanol–water partition coefficient (Wildman–Crippen LogP) is 5.68. The summed E-state index contributed by atoms with van der Waals surface area (Å²) in [5, 5.41) is 2.34. The largest absolute Gasteiger partial charge is 0.494 e. The summed E-state index contributed by atoms with van der Waals surface area (Å²) in [5.74, 6) is 1.77. The van der Waals surface area contributed by atoms with Crippen molar-refractivity contribution in [2.45, 2.75) is 45.6 Å². The van der Waals surface area contributed by atoms with Gasteiger partial charge in [-0.3, -0.25) is 0 Å². The van der Waals surface area contributed by atoms with Crippen LogP contribution in [0.3, 0.4) is 0 Å². The minimum atomic E-state index is -0.265. The van der Waals surface area contributed by atoms with Gasteiger partial charge >= 0.3 is 0 Å². The number of hydrogen-bond acceptors (Lipinski definition) is 2. The van der Waals surface area contributed by atoms with E-state index >= 15 is 0 Å². The van der Waals surface area contributed by atoms with E-state index in [0.29, 0.717) is 0 Å². The number of benzene rings is 2. The zero-order chi connectivity index (χ0) is 15.2. The third-order valence-corrected chi connectivity index (χ3v) is 3.76. The molecule has 3 heteroatoms. The van der Waals surface area contributed by atoms with Crippen molar-refractivity contribution in [3.63, 3.8) is 0 Å². The number of halogens is 1. The highest BCUT2D eigenvalue weighted by atomic mass is 35.5. The van der Waals surface area contributed by atoms with Gasteiger partial charge in [-0.15, -0.1) is 0 Å². The molecule has 0 radical (unpaired) electrons. The maximum Gasteiger partial charge on any atom is 0.172 e. The first-order valence-electron chi connectivity index (χ1n) is 7.62. The summed E-state index contributed by atoms with van der Waals surface area (Å²) in [4.78, 5) is 0. The molecule has 0 heterocycles. The highest BCUT2D eigenvalue weighted by Gasteiger charge is 2.10. The Morgan fingerprint density at radius 3 is 2.62 bits per heavy atom. The van der Waals surface area contributed by atoms with Crippen LogP contribution in [0.2, 0.25) is 0 Å². The molecule has 0 fully saturated rings. The Balaban J connectivity index is 2.25. The van der Waals surface area contributed by atoms with Gasteiger partial charge in [-0.2, -0.15) is 0 Å². The maximum absolute atomic E-state index is 6.18. The van der Waals surface area contributed by atoms with Crippen molar-refractivity contribution in [2.24, 2.45) is 0 Å². The van der Waals surface area contributed by atoms with Crippen LogP contribution in [0, 0.1) is 6.92 Å². The molecular weight excluding hydrogens is 284 g/mol. The lowest BCUT2D eigenvalue weighted by Gasteiger charge is -2.16. The van der Waals surface area contributed by atoms with Gasteiger partial charge in [0.1, 0.15) is 11.5 Å². The van der Waals surface area contributed by atoms with E-state index in [4.69, 9.17) is 21.1 Å². The molecule has 0 saturated heterocycles. The van der Waals surface area contributed by atoms with Crippen LogP contribution in [-0.2, 0) is 0 Å². The van der Waals surface area contributed by atoms with Crippen LogP contribution in [0.5, 0.6) is 11.5 Å². The van der Waals surface area contributed by atoms with Crippen molar-refractivity contribution < 1.29 is 9.47 Å². The smallest absolute Gasteiger partial charge is 0.172 e. The first kappa shape index (κ1) is 16.0. The van der Waals surface area contributed by atoms with Gasteiger partial charge in [0.25, 0.3) is 0 Å². The molecule has 2 nitrogen and oxygen atoms in total. The Labute approximate surface area is 132 Å². The van der Waals surface area contributed by atoms with Crippen LogP contribution in [0.25, 0.3) is 10.8 Å². The van der Waals surface area contributed by atoms with Crippen molar-refractivity contribution in [2.75, 3.05) is 6.61 Å². The van der Waals surface area contributed by atoms with E-state index in [-0.39, 0.29) is 5.56 Å². The summed E-state index contributed by atoms with van der Waals surface area (Å²) in [5.41, 5.74) is 0.856. The monoisotopic (exact) mass is 306 g/mol. The fourth-order valence-corrected chi connectivity index (χ4v) is 2.62. The Hall–Kier alpha value is -1.41. The van der Waals surface area contributed by atoms with Gasteiger partial charge in [0, 0.05) is 0 Å². The van der Waals surface area contributed by atoms with E-state index < -0.39 is 0 Å². The van der Waals surface area contributed by atoms with Gasteiger partial charge < -0.3 is 9.47 Å². The normalized spacial score (nSPS) is 12.4. The predicted molar refractivity (Wildman–Crippen MR) is 89.6 cm³/mol. The molecule has 21 heavy (non-hydrogen) atoms. The van der Waals surface area contributed by atoms with E-state index in [2.05, 4.69) is 39.0 Å². The summed E-state index contributed by atoms with van der Waals surface area (Å²) >= 11 is 6.18. The second-order valence-corrected chi connectivity index (χ2v) is 5.72. The van der Waals surface area contributed by atoms with Gasteiger partial charge in [-0.25, -0.2) is 0 Å². The standard InChI is InChI=1S/C18H23ClO2/c1-4-6-18(19)21-17-10-7-14-12-15(20-11-5-2)8-9-16(14)13(17)3/h7-10,12,18H,4-6,11H2,1-3H3. The van der Waals surface area contributed by atoms with Crippen LogP contribution in [0.15, 0.2) is 30.3 Å². The van der Waals surface area contributed by atoms with Crippen LogP contribution in [-0.4, -0.2) is 12.2 Å². The van der Waals surface area contributed by atoms with Gasteiger partial charge in [-0.1, -0.05) is 44.0 Å². The molecule has 2 aromatic carbocycles. The summed E-state index contributed by atoms with van der Waals surface area (Å²) in [6, 6.07) is 10.2. The van der Waals surface area contributed by atoms with Crippen LogP contribution < -0.4 is 9.47 Å². The Bertz CT molecular complexity index is 595. The fourth-order valence-electron chi connectivity index (χ4n) is 2.30. The number of hydrogen-bond donors (Lipinski definition) is 0. The van der Waals surface area contributed by atoms with Crippen LogP contribution in [0.4, 0.5) is 0 Å². The van der Waals surface area contributed by atoms with Crippen LogP contribution >= 0.6 is 11.6 Å². The SMILES string of the molecule is CCCOc1ccc2c(C)c(OC(Cl)CCC)ccc2c1. The summed E-state index contributed by atoms with van der Waals surface area (Å²) in [7, 11) is 0. The van der Waals surface area contributed by atoms with E-state index in [1.807, 2.05) is 12.1 Å². The number of fused-ring (bicyclic) bond motifs is 1. The minimum absolute atomic E-state index is 0.265. The van der Waals surface area contributed by atoms with Crippen molar-refractivity contribution >= 4 is 22.4 Å².